The van der Waals surface area contributed by atoms with Gasteiger partial charge in [0.2, 0.25) is 14.4 Å². The number of fused-ring (bicyclic) bond motifs is 1. The summed E-state index contributed by atoms with van der Waals surface area (Å²) in [5, 5.41) is 0. The lowest BCUT2D eigenvalue weighted by Gasteiger charge is -2.18. The number of sulfone groups is 1. The summed E-state index contributed by atoms with van der Waals surface area (Å²) in [6.45, 7) is 2.48. The Morgan fingerprint density at radius 3 is 2.47 bits per heavy atom. The number of rotatable bonds is 0. The Kier molecular flexibility index (Phi) is 3.55. The molecule has 0 radical (unpaired) electrons. The molecule has 0 spiro atoms. The van der Waals surface area contributed by atoms with Crippen molar-refractivity contribution in [2.75, 3.05) is 5.75 Å². The largest absolute Gasteiger partial charge is 0.455 e. The Morgan fingerprint density at radius 2 is 2.00 bits per heavy atom. The summed E-state index contributed by atoms with van der Waals surface area (Å²) >= 11 is 6.13. The fourth-order valence-electron chi connectivity index (χ4n) is 2.08. The summed E-state index contributed by atoms with van der Waals surface area (Å²) in [6, 6.07) is -0.868. The summed E-state index contributed by atoms with van der Waals surface area (Å²) < 4.78 is 27.8. The molecule has 2 aliphatic rings. The van der Waals surface area contributed by atoms with Crippen molar-refractivity contribution in [3.63, 3.8) is 0 Å². The predicted octanol–water partition coefficient (Wildman–Crippen LogP) is 0.377. The van der Waals surface area contributed by atoms with E-state index in [4.69, 9.17) is 4.74 Å². The van der Waals surface area contributed by atoms with Crippen LogP contribution in [0.5, 0.6) is 0 Å². The zero-order valence-corrected chi connectivity index (χ0v) is 14.0. The van der Waals surface area contributed by atoms with E-state index in [1.165, 1.54) is 13.8 Å². The molecule has 106 valence electrons. The smallest absolute Gasteiger partial charge is 0.302 e. The molecule has 2 saturated heterocycles. The van der Waals surface area contributed by atoms with Crippen LogP contribution in [0.2, 0.25) is 0 Å². The van der Waals surface area contributed by atoms with Gasteiger partial charge in [-0.05, 0) is 0 Å². The highest BCUT2D eigenvalue weighted by atomic mass is 79.9. The number of nitrogens with zero attached hydrogens (tertiary/aromatic N) is 2. The lowest BCUT2D eigenvalue weighted by Crippen LogP contribution is -2.41. The quantitative estimate of drug-likeness (QED) is 0.531. The van der Waals surface area contributed by atoms with Gasteiger partial charge in [-0.15, -0.1) is 0 Å². The Morgan fingerprint density at radius 1 is 1.42 bits per heavy atom. The van der Waals surface area contributed by atoms with Crippen LogP contribution in [0.15, 0.2) is 4.99 Å². The maximum atomic E-state index is 12.0. The first-order chi connectivity index (χ1) is 8.58. The van der Waals surface area contributed by atoms with Crippen molar-refractivity contribution in [2.45, 2.75) is 28.6 Å². The normalized spacial score (nSPS) is 33.1. The van der Waals surface area contributed by atoms with Crippen LogP contribution in [0.3, 0.4) is 0 Å². The van der Waals surface area contributed by atoms with Crippen LogP contribution in [0.25, 0.3) is 0 Å². The van der Waals surface area contributed by atoms with Gasteiger partial charge in [-0.1, -0.05) is 31.9 Å². The topological polar surface area (TPSA) is 93.1 Å². The van der Waals surface area contributed by atoms with E-state index in [1.54, 1.807) is 0 Å². The van der Waals surface area contributed by atoms with Gasteiger partial charge in [-0.25, -0.2) is 8.42 Å². The van der Waals surface area contributed by atoms with Gasteiger partial charge in [-0.3, -0.25) is 14.5 Å². The highest BCUT2D eigenvalue weighted by molar-refractivity contribution is 9.28. The molecular weight excluding hydrogens is 408 g/mol. The second-order valence-corrected chi connectivity index (χ2v) is 11.1. The molecule has 19 heavy (non-hydrogen) atoms. The molecule has 0 saturated carbocycles. The van der Waals surface area contributed by atoms with Gasteiger partial charge >= 0.3 is 6.02 Å². The van der Waals surface area contributed by atoms with E-state index >= 15 is 0 Å². The summed E-state index contributed by atoms with van der Waals surface area (Å²) in [5.41, 5.74) is 0. The molecule has 0 aliphatic carbocycles. The van der Waals surface area contributed by atoms with Gasteiger partial charge in [0.05, 0.1) is 11.8 Å². The van der Waals surface area contributed by atoms with E-state index in [0.717, 1.165) is 4.90 Å². The van der Waals surface area contributed by atoms with Crippen molar-refractivity contribution in [3.05, 3.63) is 0 Å². The molecule has 2 fully saturated rings. The number of hydrogen-bond acceptors (Lipinski definition) is 5. The van der Waals surface area contributed by atoms with Crippen LogP contribution in [0.4, 0.5) is 0 Å². The average Bonchev–Trinajstić information content (AvgIpc) is 2.61. The van der Waals surface area contributed by atoms with E-state index in [-0.39, 0.29) is 11.8 Å². The minimum Gasteiger partial charge on any atom is -0.455 e. The minimum atomic E-state index is -3.53. The molecule has 2 heterocycles. The van der Waals surface area contributed by atoms with E-state index in [1.807, 2.05) is 0 Å². The van der Waals surface area contributed by atoms with Crippen LogP contribution in [-0.4, -0.2) is 51.6 Å². The van der Waals surface area contributed by atoms with E-state index in [9.17, 15) is 18.0 Å². The molecule has 0 bridgehead atoms. The standard InChI is InChI=1S/C9H10Br2N2O5S/c1-4(14)12-8-13(5(2)15)6-3-19(16,17)9(10,11)7(6)18-8/h6-7H,3H2,1-2H3/t6-,7-/m0/s1. The number of aliphatic imine (C=N–C) groups is 1. The van der Waals surface area contributed by atoms with Crippen LogP contribution < -0.4 is 0 Å². The molecule has 2 atom stereocenters. The maximum Gasteiger partial charge on any atom is 0.302 e. The zero-order valence-electron chi connectivity index (χ0n) is 9.96. The van der Waals surface area contributed by atoms with Gasteiger partial charge in [0, 0.05) is 13.8 Å². The van der Waals surface area contributed by atoms with Crippen molar-refractivity contribution in [1.29, 1.82) is 0 Å². The molecule has 0 aromatic rings. The lowest BCUT2D eigenvalue weighted by molar-refractivity contribution is -0.125. The molecule has 2 rings (SSSR count). The number of amides is 2. The molecule has 0 N–H and O–H groups in total. The molecule has 2 aliphatic heterocycles. The Balaban J connectivity index is 2.48. The fraction of sp³-hybridized carbons (Fsp3) is 0.667. The predicted molar refractivity (Wildman–Crippen MR) is 73.7 cm³/mol. The van der Waals surface area contributed by atoms with E-state index in [2.05, 4.69) is 36.9 Å². The number of ether oxygens (including phenoxy) is 1. The first-order valence-electron chi connectivity index (χ1n) is 5.24. The molecule has 7 nitrogen and oxygen atoms in total. The Labute approximate surface area is 126 Å². The summed E-state index contributed by atoms with van der Waals surface area (Å²) in [6.07, 6.45) is -0.862. The number of carbonyl (C=O) groups excluding carboxylic acids is 2. The van der Waals surface area contributed by atoms with Gasteiger partial charge in [0.1, 0.15) is 0 Å². The van der Waals surface area contributed by atoms with Crippen molar-refractivity contribution < 1.29 is 22.7 Å². The van der Waals surface area contributed by atoms with Crippen molar-refractivity contribution in [1.82, 2.24) is 4.90 Å². The van der Waals surface area contributed by atoms with E-state index in [0.29, 0.717) is 0 Å². The highest BCUT2D eigenvalue weighted by Crippen LogP contribution is 2.49. The van der Waals surface area contributed by atoms with Gasteiger partial charge < -0.3 is 4.74 Å². The van der Waals surface area contributed by atoms with Crippen molar-refractivity contribution in [3.8, 4) is 0 Å². The number of amidine groups is 1. The summed E-state index contributed by atoms with van der Waals surface area (Å²) in [5.74, 6) is -1.23. The van der Waals surface area contributed by atoms with E-state index < -0.39 is 36.4 Å². The molecule has 0 aromatic carbocycles. The van der Waals surface area contributed by atoms with Crippen molar-refractivity contribution >= 4 is 59.5 Å². The molecule has 2 amide bonds. The third kappa shape index (κ3) is 2.23. The van der Waals surface area contributed by atoms with Gasteiger partial charge in [0.25, 0.3) is 0 Å². The SMILES string of the molecule is CC(=O)N=C1O[C@H]2[C@H](CS(=O)(=O)C2(Br)Br)N1C(C)=O. The number of alkyl halides is 2. The first kappa shape index (κ1) is 14.9. The van der Waals surface area contributed by atoms with Crippen LogP contribution in [-0.2, 0) is 24.2 Å². The molecular formula is C9H10Br2N2O5S. The number of carbonyl (C=O) groups is 2. The monoisotopic (exact) mass is 416 g/mol. The number of halogens is 2. The van der Waals surface area contributed by atoms with Crippen LogP contribution in [0, 0.1) is 0 Å². The third-order valence-corrected chi connectivity index (χ3v) is 8.55. The third-order valence-electron chi connectivity index (χ3n) is 2.85. The van der Waals surface area contributed by atoms with Crippen LogP contribution >= 0.6 is 31.9 Å². The fourth-order valence-corrected chi connectivity index (χ4v) is 5.22. The zero-order chi connectivity index (χ0) is 14.6. The van der Waals surface area contributed by atoms with Crippen molar-refractivity contribution in [2.24, 2.45) is 4.99 Å². The first-order valence-corrected chi connectivity index (χ1v) is 8.47. The van der Waals surface area contributed by atoms with Gasteiger partial charge in [0.15, 0.2) is 15.9 Å². The lowest BCUT2D eigenvalue weighted by atomic mass is 10.2. The molecule has 0 unspecified atom stereocenters. The maximum absolute atomic E-state index is 12.0. The second kappa shape index (κ2) is 4.52. The molecule has 0 aromatic heterocycles. The average molecular weight is 418 g/mol. The molecule has 10 heteroatoms. The van der Waals surface area contributed by atoms with Crippen LogP contribution in [0.1, 0.15) is 13.8 Å². The minimum absolute atomic E-state index is 0.159. The Bertz CT molecular complexity index is 585. The Hall–Kier alpha value is -0.480. The number of hydrogen-bond donors (Lipinski definition) is 0. The van der Waals surface area contributed by atoms with Gasteiger partial charge in [-0.2, -0.15) is 4.99 Å². The second-order valence-electron chi connectivity index (χ2n) is 4.25. The highest BCUT2D eigenvalue weighted by Gasteiger charge is 2.65. The summed E-state index contributed by atoms with van der Waals surface area (Å²) in [4.78, 5) is 27.4. The summed E-state index contributed by atoms with van der Waals surface area (Å²) in [7, 11) is -3.53.